The van der Waals surface area contributed by atoms with Gasteiger partial charge in [0.25, 0.3) is 0 Å². The average Bonchev–Trinajstić information content (AvgIpc) is 2.26. The van der Waals surface area contributed by atoms with E-state index < -0.39 is 15.6 Å². The van der Waals surface area contributed by atoms with Gasteiger partial charge in [-0.1, -0.05) is 19.1 Å². The molecule has 0 heterocycles. The first-order valence-corrected chi connectivity index (χ1v) is 7.36. The van der Waals surface area contributed by atoms with Crippen molar-refractivity contribution in [2.24, 2.45) is 5.73 Å². The van der Waals surface area contributed by atoms with E-state index in [2.05, 4.69) is 10.0 Å². The van der Waals surface area contributed by atoms with E-state index >= 15 is 0 Å². The van der Waals surface area contributed by atoms with E-state index in [1.54, 1.807) is 31.2 Å². The molecule has 4 N–H and O–H groups in total. The number of nitrogens with one attached hydrogen (secondary N) is 2. The van der Waals surface area contributed by atoms with Crippen molar-refractivity contribution in [2.45, 2.75) is 31.2 Å². The van der Waals surface area contributed by atoms with Gasteiger partial charge in [0.15, 0.2) is 0 Å². The Morgan fingerprint density at radius 2 is 1.89 bits per heavy atom. The zero-order valence-electron chi connectivity index (χ0n) is 11.0. The van der Waals surface area contributed by atoms with Gasteiger partial charge in [-0.25, -0.2) is 13.1 Å². The van der Waals surface area contributed by atoms with Crippen molar-refractivity contribution in [1.82, 2.24) is 4.72 Å². The maximum absolute atomic E-state index is 12.0. The summed E-state index contributed by atoms with van der Waals surface area (Å²) in [5.41, 5.74) is 6.03. The monoisotopic (exact) mass is 271 g/mol. The third-order valence-corrected chi connectivity index (χ3v) is 3.85. The standard InChI is InChI=1S/C12H21N3O2S/c1-4-15-18(16,17)11-8-6-5-7-10(11)14-9-12(2,3)13/h5-8,14-15H,4,9,13H2,1-3H3. The van der Waals surface area contributed by atoms with Gasteiger partial charge in [-0.2, -0.15) is 0 Å². The highest BCUT2D eigenvalue weighted by molar-refractivity contribution is 7.89. The molecular weight excluding hydrogens is 250 g/mol. The van der Waals surface area contributed by atoms with Crippen molar-refractivity contribution in [2.75, 3.05) is 18.4 Å². The zero-order chi connectivity index (χ0) is 13.8. The lowest BCUT2D eigenvalue weighted by molar-refractivity contribution is 0.548. The quantitative estimate of drug-likeness (QED) is 0.724. The van der Waals surface area contributed by atoms with Crippen molar-refractivity contribution in [3.05, 3.63) is 24.3 Å². The van der Waals surface area contributed by atoms with Crippen molar-refractivity contribution in [3.63, 3.8) is 0 Å². The van der Waals surface area contributed by atoms with Crippen LogP contribution in [0.2, 0.25) is 0 Å². The summed E-state index contributed by atoms with van der Waals surface area (Å²) in [4.78, 5) is 0.246. The lowest BCUT2D eigenvalue weighted by Gasteiger charge is -2.21. The van der Waals surface area contributed by atoms with Crippen molar-refractivity contribution < 1.29 is 8.42 Å². The molecule has 6 heteroatoms. The lowest BCUT2D eigenvalue weighted by atomic mass is 10.1. The minimum absolute atomic E-state index is 0.246. The minimum atomic E-state index is -3.46. The van der Waals surface area contributed by atoms with E-state index in [-0.39, 0.29) is 4.90 Å². The number of benzene rings is 1. The fourth-order valence-electron chi connectivity index (χ4n) is 1.44. The van der Waals surface area contributed by atoms with E-state index in [1.165, 1.54) is 0 Å². The topological polar surface area (TPSA) is 84.2 Å². The third-order valence-electron chi connectivity index (χ3n) is 2.25. The molecule has 0 bridgehead atoms. The number of hydrogen-bond donors (Lipinski definition) is 3. The molecule has 5 nitrogen and oxygen atoms in total. The maximum atomic E-state index is 12.0. The SMILES string of the molecule is CCNS(=O)(=O)c1ccccc1NCC(C)(C)N. The molecule has 18 heavy (non-hydrogen) atoms. The second-order valence-corrected chi connectivity index (χ2v) is 6.57. The molecule has 0 spiro atoms. The largest absolute Gasteiger partial charge is 0.382 e. The Labute approximate surface area is 109 Å². The normalized spacial score (nSPS) is 12.4. The molecule has 102 valence electrons. The van der Waals surface area contributed by atoms with Gasteiger partial charge in [0.2, 0.25) is 10.0 Å². The van der Waals surface area contributed by atoms with Gasteiger partial charge in [-0.15, -0.1) is 0 Å². The van der Waals surface area contributed by atoms with Gasteiger partial charge < -0.3 is 11.1 Å². The predicted octanol–water partition coefficient (Wildman–Crippen LogP) is 1.13. The second-order valence-electron chi connectivity index (χ2n) is 4.84. The predicted molar refractivity (Wildman–Crippen MR) is 74.1 cm³/mol. The molecule has 0 amide bonds. The van der Waals surface area contributed by atoms with Gasteiger partial charge in [-0.3, -0.25) is 0 Å². The van der Waals surface area contributed by atoms with Gasteiger partial charge in [0.1, 0.15) is 4.90 Å². The van der Waals surface area contributed by atoms with Gasteiger partial charge in [0.05, 0.1) is 5.69 Å². The number of nitrogens with two attached hydrogens (primary N) is 1. The Morgan fingerprint density at radius 1 is 1.28 bits per heavy atom. The van der Waals surface area contributed by atoms with Crippen LogP contribution in [-0.4, -0.2) is 27.0 Å². The summed E-state index contributed by atoms with van der Waals surface area (Å²) in [6.45, 7) is 6.35. The van der Waals surface area contributed by atoms with Crippen molar-refractivity contribution in [1.29, 1.82) is 0 Å². The highest BCUT2D eigenvalue weighted by Crippen LogP contribution is 2.20. The summed E-state index contributed by atoms with van der Waals surface area (Å²) < 4.78 is 26.5. The Hall–Kier alpha value is -1.11. The summed E-state index contributed by atoms with van der Waals surface area (Å²) in [7, 11) is -3.46. The molecule has 0 aliphatic heterocycles. The van der Waals surface area contributed by atoms with Crippen LogP contribution in [0.1, 0.15) is 20.8 Å². The van der Waals surface area contributed by atoms with Crippen molar-refractivity contribution >= 4 is 15.7 Å². The molecule has 1 aromatic rings. The highest BCUT2D eigenvalue weighted by atomic mass is 32.2. The van der Waals surface area contributed by atoms with Crippen LogP contribution in [0.5, 0.6) is 0 Å². The first-order chi connectivity index (χ1) is 8.26. The summed E-state index contributed by atoms with van der Waals surface area (Å²) in [6, 6.07) is 6.79. The Kier molecular flexibility index (Phi) is 4.72. The Balaban J connectivity index is 3.00. The van der Waals surface area contributed by atoms with E-state index in [0.717, 1.165) is 0 Å². The fourth-order valence-corrected chi connectivity index (χ4v) is 2.66. The zero-order valence-corrected chi connectivity index (χ0v) is 11.8. The van der Waals surface area contributed by atoms with Crippen LogP contribution in [0, 0.1) is 0 Å². The lowest BCUT2D eigenvalue weighted by Crippen LogP contribution is -2.40. The van der Waals surface area contributed by atoms with Crippen LogP contribution in [0.25, 0.3) is 0 Å². The molecule has 0 aliphatic carbocycles. The fraction of sp³-hybridized carbons (Fsp3) is 0.500. The van der Waals surface area contributed by atoms with E-state index in [1.807, 2.05) is 13.8 Å². The smallest absolute Gasteiger partial charge is 0.242 e. The first-order valence-electron chi connectivity index (χ1n) is 5.88. The average molecular weight is 271 g/mol. The third kappa shape index (κ3) is 4.29. The van der Waals surface area contributed by atoms with E-state index in [4.69, 9.17) is 5.73 Å². The molecule has 0 fully saturated rings. The number of sulfonamides is 1. The highest BCUT2D eigenvalue weighted by Gasteiger charge is 2.18. The Bertz CT molecular complexity index is 492. The Morgan fingerprint density at radius 3 is 2.44 bits per heavy atom. The molecule has 0 radical (unpaired) electrons. The molecule has 0 unspecified atom stereocenters. The molecule has 0 aliphatic rings. The summed E-state index contributed by atoms with van der Waals surface area (Å²) >= 11 is 0. The summed E-state index contributed by atoms with van der Waals surface area (Å²) in [5, 5.41) is 3.07. The summed E-state index contributed by atoms with van der Waals surface area (Å²) in [5.74, 6) is 0. The minimum Gasteiger partial charge on any atom is -0.382 e. The van der Waals surface area contributed by atoms with Crippen LogP contribution in [0.15, 0.2) is 29.2 Å². The number of anilines is 1. The number of rotatable bonds is 6. The molecule has 1 rings (SSSR count). The van der Waals surface area contributed by atoms with Gasteiger partial charge >= 0.3 is 0 Å². The van der Waals surface area contributed by atoms with Gasteiger partial charge in [-0.05, 0) is 26.0 Å². The number of para-hydroxylation sites is 1. The van der Waals surface area contributed by atoms with E-state index in [0.29, 0.717) is 18.8 Å². The van der Waals surface area contributed by atoms with Gasteiger partial charge in [0, 0.05) is 18.6 Å². The molecule has 0 aromatic heterocycles. The molecule has 1 aromatic carbocycles. The number of hydrogen-bond acceptors (Lipinski definition) is 4. The molecule has 0 atom stereocenters. The van der Waals surface area contributed by atoms with Crippen LogP contribution in [0.4, 0.5) is 5.69 Å². The molecule has 0 saturated heterocycles. The summed E-state index contributed by atoms with van der Waals surface area (Å²) in [6.07, 6.45) is 0. The van der Waals surface area contributed by atoms with E-state index in [9.17, 15) is 8.42 Å². The first kappa shape index (κ1) is 14.9. The van der Waals surface area contributed by atoms with Crippen LogP contribution < -0.4 is 15.8 Å². The van der Waals surface area contributed by atoms with Crippen LogP contribution >= 0.6 is 0 Å². The van der Waals surface area contributed by atoms with Crippen LogP contribution in [-0.2, 0) is 10.0 Å². The second kappa shape index (κ2) is 5.69. The van der Waals surface area contributed by atoms with Crippen molar-refractivity contribution in [3.8, 4) is 0 Å². The van der Waals surface area contributed by atoms with Crippen LogP contribution in [0.3, 0.4) is 0 Å². The molecular formula is C12H21N3O2S. The maximum Gasteiger partial charge on any atom is 0.242 e. The molecule has 0 saturated carbocycles.